The highest BCUT2D eigenvalue weighted by Gasteiger charge is 2.60. The van der Waals surface area contributed by atoms with Crippen LogP contribution in [-0.4, -0.2) is 53.7 Å². The predicted octanol–water partition coefficient (Wildman–Crippen LogP) is 0.881. The molecule has 1 aromatic heterocycles. The zero-order valence-corrected chi connectivity index (χ0v) is 17.1. The number of primary amides is 1. The summed E-state index contributed by atoms with van der Waals surface area (Å²) >= 11 is 0. The summed E-state index contributed by atoms with van der Waals surface area (Å²) in [7, 11) is 0. The van der Waals surface area contributed by atoms with Gasteiger partial charge in [0.1, 0.15) is 22.8 Å². The van der Waals surface area contributed by atoms with E-state index in [1.807, 2.05) is 0 Å². The number of aliphatic hydroxyl groups excluding tert-OH is 2. The second-order valence-corrected chi connectivity index (χ2v) is 8.52. The van der Waals surface area contributed by atoms with Crippen LogP contribution in [0.15, 0.2) is 47.5 Å². The number of amides is 1. The molecule has 0 spiro atoms. The van der Waals surface area contributed by atoms with Gasteiger partial charge in [0.15, 0.2) is 11.4 Å². The summed E-state index contributed by atoms with van der Waals surface area (Å²) in [5, 5.41) is 51.0. The molecule has 168 valence electrons. The van der Waals surface area contributed by atoms with Gasteiger partial charge in [0.2, 0.25) is 5.78 Å². The minimum Gasteiger partial charge on any atom is -0.508 e. The van der Waals surface area contributed by atoms with Crippen LogP contribution in [0.1, 0.15) is 24.0 Å². The summed E-state index contributed by atoms with van der Waals surface area (Å²) in [5.74, 6) is -6.51. The molecule has 6 N–H and O–H groups in total. The topological polar surface area (TPSA) is 184 Å². The fraction of sp³-hybridized carbons (Fsp3) is 0.261. The van der Waals surface area contributed by atoms with Crippen LogP contribution in [0.4, 0.5) is 0 Å². The molecule has 2 aromatic rings. The molecule has 0 unspecified atom stereocenters. The van der Waals surface area contributed by atoms with Gasteiger partial charge in [-0.3, -0.25) is 14.4 Å². The molecular formula is C23H19N3O7. The first-order valence-electron chi connectivity index (χ1n) is 10.3. The number of benzene rings is 1. The molecule has 5 rings (SSSR count). The lowest BCUT2D eigenvalue weighted by Gasteiger charge is -2.46. The van der Waals surface area contributed by atoms with Crippen LogP contribution >= 0.6 is 0 Å². The predicted molar refractivity (Wildman–Crippen MR) is 112 cm³/mol. The lowest BCUT2D eigenvalue weighted by Crippen LogP contribution is -2.58. The van der Waals surface area contributed by atoms with Gasteiger partial charge in [0, 0.05) is 23.5 Å². The summed E-state index contributed by atoms with van der Waals surface area (Å²) in [4.78, 5) is 37.6. The Labute approximate surface area is 186 Å². The lowest BCUT2D eigenvalue weighted by molar-refractivity contribution is -0.147. The van der Waals surface area contributed by atoms with Gasteiger partial charge in [-0.15, -0.1) is 0 Å². The molecule has 0 bridgehead atoms. The van der Waals surface area contributed by atoms with Crippen LogP contribution < -0.4 is 5.73 Å². The van der Waals surface area contributed by atoms with E-state index in [9.17, 15) is 34.8 Å². The third-order valence-corrected chi connectivity index (χ3v) is 6.84. The fourth-order valence-corrected chi connectivity index (χ4v) is 5.34. The molecule has 10 heteroatoms. The molecule has 0 radical (unpaired) electrons. The maximum atomic E-state index is 13.5. The summed E-state index contributed by atoms with van der Waals surface area (Å²) in [5.41, 5.74) is 3.61. The Morgan fingerprint density at radius 1 is 1.09 bits per heavy atom. The number of ketones is 2. The van der Waals surface area contributed by atoms with Gasteiger partial charge in [-0.1, -0.05) is 6.07 Å². The summed E-state index contributed by atoms with van der Waals surface area (Å²) < 4.78 is 0. The number of carbonyl (C=O) groups is 3. The Morgan fingerprint density at radius 2 is 1.85 bits per heavy atom. The van der Waals surface area contributed by atoms with Crippen molar-refractivity contribution in [1.82, 2.24) is 10.2 Å². The van der Waals surface area contributed by atoms with Crippen molar-refractivity contribution >= 4 is 23.2 Å². The smallest absolute Gasteiger partial charge is 0.255 e. The first-order chi connectivity index (χ1) is 15.7. The Kier molecular flexibility index (Phi) is 4.40. The molecule has 3 atom stereocenters. The Hall–Kier alpha value is -4.05. The summed E-state index contributed by atoms with van der Waals surface area (Å²) in [6, 6.07) is 4.76. The molecule has 1 amide bonds. The highest BCUT2D eigenvalue weighted by atomic mass is 16.3. The van der Waals surface area contributed by atoms with E-state index < -0.39 is 52.0 Å². The fourth-order valence-electron chi connectivity index (χ4n) is 5.34. The van der Waals surface area contributed by atoms with E-state index >= 15 is 0 Å². The van der Waals surface area contributed by atoms with Gasteiger partial charge in [0.05, 0.1) is 18.0 Å². The SMILES string of the molecule is NC(=O)C1=C(O)[C@@]2(O)C(=O)C3=C(O)c4c(O)ccc(-c5ccnnc5)c4C[C@H]3C[C@H]2CC1=O. The molecule has 33 heavy (non-hydrogen) atoms. The lowest BCUT2D eigenvalue weighted by atomic mass is 9.59. The summed E-state index contributed by atoms with van der Waals surface area (Å²) in [6.07, 6.45) is 2.97. The number of aromatic nitrogens is 2. The van der Waals surface area contributed by atoms with Gasteiger partial charge in [-0.05, 0) is 42.0 Å². The van der Waals surface area contributed by atoms with E-state index in [1.54, 1.807) is 12.1 Å². The van der Waals surface area contributed by atoms with Crippen LogP contribution in [0, 0.1) is 11.8 Å². The Morgan fingerprint density at radius 3 is 2.52 bits per heavy atom. The molecule has 3 aliphatic rings. The average Bonchev–Trinajstić information content (AvgIpc) is 2.76. The van der Waals surface area contributed by atoms with Crippen LogP contribution in [0.25, 0.3) is 16.9 Å². The van der Waals surface area contributed by atoms with Crippen molar-refractivity contribution in [2.24, 2.45) is 17.6 Å². The van der Waals surface area contributed by atoms with Gasteiger partial charge < -0.3 is 26.2 Å². The standard InChI is InChI=1S/C23H19N3O7/c24-22(32)18-15(28)7-11-5-10-6-13-12(9-3-4-25-26-8-9)1-2-14(27)17(13)19(29)16(10)20(30)23(11,33)21(18)31/h1-4,8,10-11,27,29,31,33H,5-7H2,(H2,24,32)/t10-,11+,23+/m1/s1. The molecule has 1 fully saturated rings. The van der Waals surface area contributed by atoms with E-state index in [2.05, 4.69) is 10.2 Å². The molecule has 1 saturated carbocycles. The highest BCUT2D eigenvalue weighted by Crippen LogP contribution is 2.52. The molecular weight excluding hydrogens is 430 g/mol. The third-order valence-electron chi connectivity index (χ3n) is 6.84. The molecule has 1 heterocycles. The van der Waals surface area contributed by atoms with Crippen molar-refractivity contribution in [1.29, 1.82) is 0 Å². The van der Waals surface area contributed by atoms with Crippen molar-refractivity contribution in [3.63, 3.8) is 0 Å². The van der Waals surface area contributed by atoms with E-state index in [1.165, 1.54) is 18.5 Å². The van der Waals surface area contributed by atoms with E-state index in [0.29, 0.717) is 16.7 Å². The zero-order valence-electron chi connectivity index (χ0n) is 17.1. The number of hydrogen-bond donors (Lipinski definition) is 5. The Balaban J connectivity index is 1.72. The average molecular weight is 449 g/mol. The number of phenolic OH excluding ortho intramolecular Hbond substituents is 1. The largest absolute Gasteiger partial charge is 0.508 e. The van der Waals surface area contributed by atoms with E-state index in [-0.39, 0.29) is 36.1 Å². The van der Waals surface area contributed by atoms with Crippen LogP contribution in [0.5, 0.6) is 5.75 Å². The first-order valence-corrected chi connectivity index (χ1v) is 10.3. The number of nitrogens with zero attached hydrogens (tertiary/aromatic N) is 2. The third kappa shape index (κ3) is 2.74. The summed E-state index contributed by atoms with van der Waals surface area (Å²) in [6.45, 7) is 0. The minimum atomic E-state index is -2.57. The number of phenols is 1. The highest BCUT2D eigenvalue weighted by molar-refractivity contribution is 6.22. The van der Waals surface area contributed by atoms with E-state index in [0.717, 1.165) is 0 Å². The maximum absolute atomic E-state index is 13.5. The normalized spacial score (nSPS) is 26.6. The first kappa shape index (κ1) is 20.8. The van der Waals surface area contributed by atoms with Gasteiger partial charge in [-0.25, -0.2) is 0 Å². The number of hydrogen-bond acceptors (Lipinski definition) is 9. The molecule has 1 aromatic carbocycles. The number of rotatable bonds is 2. The maximum Gasteiger partial charge on any atom is 0.255 e. The molecule has 0 aliphatic heterocycles. The van der Waals surface area contributed by atoms with E-state index in [4.69, 9.17) is 5.73 Å². The van der Waals surface area contributed by atoms with Crippen molar-refractivity contribution in [3.05, 3.63) is 58.6 Å². The van der Waals surface area contributed by atoms with Crippen molar-refractivity contribution in [2.45, 2.75) is 24.9 Å². The van der Waals surface area contributed by atoms with Crippen molar-refractivity contribution in [2.75, 3.05) is 0 Å². The van der Waals surface area contributed by atoms with Crippen LogP contribution in [0.2, 0.25) is 0 Å². The second kappa shape index (κ2) is 6.97. The molecule has 3 aliphatic carbocycles. The van der Waals surface area contributed by atoms with Crippen LogP contribution in [-0.2, 0) is 20.8 Å². The molecule has 0 saturated heterocycles. The number of fused-ring (bicyclic) bond motifs is 3. The zero-order chi connectivity index (χ0) is 23.7. The van der Waals surface area contributed by atoms with Crippen molar-refractivity contribution < 1.29 is 34.8 Å². The van der Waals surface area contributed by atoms with Gasteiger partial charge in [0.25, 0.3) is 5.91 Å². The number of Topliss-reactive ketones (excluding diaryl/α,β-unsaturated/α-hetero) is 2. The monoisotopic (exact) mass is 449 g/mol. The quantitative estimate of drug-likeness (QED) is 0.415. The van der Waals surface area contributed by atoms with Gasteiger partial charge in [-0.2, -0.15) is 10.2 Å². The molecule has 10 nitrogen and oxygen atoms in total. The number of aromatic hydroxyl groups is 1. The Bertz CT molecular complexity index is 1310. The second-order valence-electron chi connectivity index (χ2n) is 8.52. The number of carbonyl (C=O) groups excluding carboxylic acids is 3. The minimum absolute atomic E-state index is 0.0384. The number of aliphatic hydroxyl groups is 3. The van der Waals surface area contributed by atoms with Crippen molar-refractivity contribution in [3.8, 4) is 16.9 Å². The number of nitrogens with two attached hydrogens (primary N) is 1. The van der Waals surface area contributed by atoms with Gasteiger partial charge >= 0.3 is 0 Å². The van der Waals surface area contributed by atoms with Crippen LogP contribution in [0.3, 0.4) is 0 Å².